The minimum atomic E-state index is -3.97. The highest BCUT2D eigenvalue weighted by Crippen LogP contribution is 2.29. The van der Waals surface area contributed by atoms with Crippen molar-refractivity contribution in [3.8, 4) is 11.1 Å². The molecule has 0 aliphatic rings. The number of hydrogen-bond donors (Lipinski definition) is 3. The molecule has 2 heterocycles. The van der Waals surface area contributed by atoms with E-state index in [1.807, 2.05) is 24.3 Å². The van der Waals surface area contributed by atoms with Gasteiger partial charge in [0.15, 0.2) is 11.6 Å². The molecule has 36 heavy (non-hydrogen) atoms. The highest BCUT2D eigenvalue weighted by molar-refractivity contribution is 7.90. The van der Waals surface area contributed by atoms with Crippen LogP contribution in [0, 0.1) is 5.82 Å². The Morgan fingerprint density at radius 1 is 1.14 bits per heavy atom. The molecule has 0 saturated heterocycles. The first-order valence-electron chi connectivity index (χ1n) is 11.3. The van der Waals surface area contributed by atoms with E-state index in [1.165, 1.54) is 31.4 Å². The molecule has 0 spiro atoms. The average molecular weight is 511 g/mol. The van der Waals surface area contributed by atoms with E-state index in [-0.39, 0.29) is 23.4 Å². The van der Waals surface area contributed by atoms with E-state index in [9.17, 15) is 18.3 Å². The number of nitrogens with one attached hydrogen (secondary N) is 2. The zero-order valence-electron chi connectivity index (χ0n) is 20.3. The van der Waals surface area contributed by atoms with E-state index in [0.29, 0.717) is 11.0 Å². The standard InChI is InChI=1S/C26H27FN4O4S/c1-5-31(4)36(34,35)30-22-8-6-7-19(23(22)27)24(32)21-15-29-25-20(21)13-17(14-28-25)16-9-11-18(12-10-16)26(2,3)33/h6-15,30,33H,5H2,1-4H3,(H,28,29). The molecule has 0 saturated carbocycles. The molecular weight excluding hydrogens is 483 g/mol. The maximum absolute atomic E-state index is 15.3. The van der Waals surface area contributed by atoms with Crippen molar-refractivity contribution < 1.29 is 22.7 Å². The molecule has 4 rings (SSSR count). The van der Waals surface area contributed by atoms with Crippen molar-refractivity contribution in [1.82, 2.24) is 14.3 Å². The van der Waals surface area contributed by atoms with Gasteiger partial charge in [-0.25, -0.2) is 9.37 Å². The summed E-state index contributed by atoms with van der Waals surface area (Å²) in [5, 5.41) is 10.7. The smallest absolute Gasteiger partial charge is 0.301 e. The number of aromatic amines is 1. The number of benzene rings is 2. The molecule has 10 heteroatoms. The SMILES string of the molecule is CCN(C)S(=O)(=O)Nc1cccc(C(=O)c2c[nH]c3ncc(-c4ccc(C(C)(C)O)cc4)cc23)c1F. The predicted molar refractivity (Wildman–Crippen MR) is 137 cm³/mol. The van der Waals surface area contributed by atoms with Gasteiger partial charge in [0.1, 0.15) is 5.65 Å². The first-order valence-corrected chi connectivity index (χ1v) is 12.7. The lowest BCUT2D eigenvalue weighted by Crippen LogP contribution is -2.32. The summed E-state index contributed by atoms with van der Waals surface area (Å²) < 4.78 is 43.2. The number of aromatic nitrogens is 2. The highest BCUT2D eigenvalue weighted by atomic mass is 32.2. The Kier molecular flexibility index (Phi) is 6.70. The molecule has 0 amide bonds. The van der Waals surface area contributed by atoms with Crippen LogP contribution >= 0.6 is 0 Å². The average Bonchev–Trinajstić information content (AvgIpc) is 3.27. The summed E-state index contributed by atoms with van der Waals surface area (Å²) in [5.74, 6) is -1.57. The van der Waals surface area contributed by atoms with Crippen molar-refractivity contribution in [3.63, 3.8) is 0 Å². The lowest BCUT2D eigenvalue weighted by molar-refractivity contribution is 0.0786. The number of anilines is 1. The number of ketones is 1. The highest BCUT2D eigenvalue weighted by Gasteiger charge is 2.24. The molecule has 3 N–H and O–H groups in total. The summed E-state index contributed by atoms with van der Waals surface area (Å²) in [4.78, 5) is 20.7. The number of fused-ring (bicyclic) bond motifs is 1. The van der Waals surface area contributed by atoms with Crippen molar-refractivity contribution in [2.24, 2.45) is 0 Å². The van der Waals surface area contributed by atoms with Crippen LogP contribution in [0.15, 0.2) is 60.9 Å². The molecule has 0 radical (unpaired) electrons. The number of hydrogen-bond acceptors (Lipinski definition) is 5. The summed E-state index contributed by atoms with van der Waals surface area (Å²) in [6, 6.07) is 13.1. The molecule has 8 nitrogen and oxygen atoms in total. The largest absolute Gasteiger partial charge is 0.386 e. The maximum Gasteiger partial charge on any atom is 0.301 e. The maximum atomic E-state index is 15.3. The third-order valence-electron chi connectivity index (χ3n) is 6.04. The van der Waals surface area contributed by atoms with Crippen LogP contribution in [0.5, 0.6) is 0 Å². The normalized spacial score (nSPS) is 12.3. The van der Waals surface area contributed by atoms with Gasteiger partial charge in [0.2, 0.25) is 0 Å². The van der Waals surface area contributed by atoms with Crippen LogP contribution in [0.1, 0.15) is 42.3 Å². The number of rotatable bonds is 8. The lowest BCUT2D eigenvalue weighted by atomic mass is 9.95. The molecule has 0 bridgehead atoms. The fraction of sp³-hybridized carbons (Fsp3) is 0.231. The molecule has 4 aromatic rings. The van der Waals surface area contributed by atoms with E-state index in [0.717, 1.165) is 21.0 Å². The molecule has 0 aliphatic carbocycles. The Morgan fingerprint density at radius 3 is 2.47 bits per heavy atom. The quantitative estimate of drug-likeness (QED) is 0.303. The topological polar surface area (TPSA) is 115 Å². The van der Waals surface area contributed by atoms with Gasteiger partial charge in [0, 0.05) is 42.5 Å². The van der Waals surface area contributed by atoms with E-state index in [1.54, 1.807) is 33.0 Å². The van der Waals surface area contributed by atoms with Crippen molar-refractivity contribution in [2.75, 3.05) is 18.3 Å². The monoisotopic (exact) mass is 510 g/mol. The molecule has 0 fully saturated rings. The van der Waals surface area contributed by atoms with Gasteiger partial charge in [-0.2, -0.15) is 12.7 Å². The summed E-state index contributed by atoms with van der Waals surface area (Å²) in [6.07, 6.45) is 3.12. The Bertz CT molecular complexity index is 1540. The number of carbonyl (C=O) groups excluding carboxylic acids is 1. The number of carbonyl (C=O) groups is 1. The number of H-pyrrole nitrogens is 1. The van der Waals surface area contributed by atoms with Gasteiger partial charge in [0.05, 0.1) is 16.9 Å². The van der Waals surface area contributed by atoms with Crippen molar-refractivity contribution >= 4 is 32.7 Å². The van der Waals surface area contributed by atoms with Crippen LogP contribution in [0.2, 0.25) is 0 Å². The summed E-state index contributed by atoms with van der Waals surface area (Å²) in [6.45, 7) is 5.25. The third kappa shape index (κ3) is 4.88. The molecular formula is C26H27FN4O4S. The second-order valence-electron chi connectivity index (χ2n) is 8.98. The third-order valence-corrected chi connectivity index (χ3v) is 7.60. The van der Waals surface area contributed by atoms with E-state index >= 15 is 4.39 Å². The Hall–Kier alpha value is -3.60. The van der Waals surface area contributed by atoms with Gasteiger partial charge in [-0.15, -0.1) is 0 Å². The van der Waals surface area contributed by atoms with Gasteiger partial charge in [0.25, 0.3) is 0 Å². The van der Waals surface area contributed by atoms with Crippen LogP contribution in [0.25, 0.3) is 22.2 Å². The molecule has 2 aromatic carbocycles. The Balaban J connectivity index is 1.71. The molecule has 2 aromatic heterocycles. The fourth-order valence-electron chi connectivity index (χ4n) is 3.74. The number of halogens is 1. The van der Waals surface area contributed by atoms with Crippen LogP contribution in [-0.2, 0) is 15.8 Å². The molecule has 0 unspecified atom stereocenters. The van der Waals surface area contributed by atoms with E-state index in [4.69, 9.17) is 0 Å². The second kappa shape index (κ2) is 9.45. The first kappa shape index (κ1) is 25.5. The summed E-state index contributed by atoms with van der Waals surface area (Å²) in [7, 11) is -2.60. The first-order chi connectivity index (χ1) is 16.9. The minimum absolute atomic E-state index is 0.195. The van der Waals surface area contributed by atoms with Gasteiger partial charge in [-0.1, -0.05) is 37.3 Å². The van der Waals surface area contributed by atoms with Crippen LogP contribution in [0.4, 0.5) is 10.1 Å². The Labute approximate surface area is 209 Å². The fourth-order valence-corrected chi connectivity index (χ4v) is 4.67. The van der Waals surface area contributed by atoms with Crippen LogP contribution in [-0.4, -0.2) is 47.2 Å². The van der Waals surface area contributed by atoms with E-state index in [2.05, 4.69) is 14.7 Å². The number of pyridine rings is 1. The van der Waals surface area contributed by atoms with E-state index < -0.39 is 27.4 Å². The van der Waals surface area contributed by atoms with Gasteiger partial charge in [-0.05, 0) is 43.2 Å². The van der Waals surface area contributed by atoms with Crippen LogP contribution < -0.4 is 4.72 Å². The Morgan fingerprint density at radius 2 is 1.83 bits per heavy atom. The van der Waals surface area contributed by atoms with Gasteiger partial charge >= 0.3 is 10.2 Å². The van der Waals surface area contributed by atoms with Crippen molar-refractivity contribution in [1.29, 1.82) is 0 Å². The predicted octanol–water partition coefficient (Wildman–Crippen LogP) is 4.44. The van der Waals surface area contributed by atoms with Gasteiger partial charge in [-0.3, -0.25) is 9.52 Å². The van der Waals surface area contributed by atoms with Crippen molar-refractivity contribution in [2.45, 2.75) is 26.4 Å². The lowest BCUT2D eigenvalue weighted by Gasteiger charge is -2.18. The summed E-state index contributed by atoms with van der Waals surface area (Å²) in [5.41, 5.74) is 1.44. The molecule has 0 atom stereocenters. The zero-order valence-corrected chi connectivity index (χ0v) is 21.1. The van der Waals surface area contributed by atoms with Gasteiger partial charge < -0.3 is 10.1 Å². The molecule has 0 aliphatic heterocycles. The second-order valence-corrected chi connectivity index (χ2v) is 10.8. The number of nitrogens with zero attached hydrogens (tertiary/aromatic N) is 2. The summed E-state index contributed by atoms with van der Waals surface area (Å²) >= 11 is 0. The number of aliphatic hydroxyl groups is 1. The molecule has 188 valence electrons. The van der Waals surface area contributed by atoms with Crippen molar-refractivity contribution in [3.05, 3.63) is 83.4 Å². The minimum Gasteiger partial charge on any atom is -0.386 e. The van der Waals surface area contributed by atoms with Crippen LogP contribution in [0.3, 0.4) is 0 Å². The zero-order chi connectivity index (χ0) is 26.3.